The van der Waals surface area contributed by atoms with Gasteiger partial charge in [-0.3, -0.25) is 4.79 Å². The lowest BCUT2D eigenvalue weighted by Crippen LogP contribution is -2.50. The Morgan fingerprint density at radius 3 is 2.55 bits per heavy atom. The first kappa shape index (κ1) is 24.8. The van der Waals surface area contributed by atoms with Gasteiger partial charge in [-0.15, -0.1) is 24.0 Å². The molecule has 0 atom stereocenters. The Kier molecular flexibility index (Phi) is 10.4. The summed E-state index contributed by atoms with van der Waals surface area (Å²) in [4.78, 5) is 29.5. The molecular formula is C21H29FIN7O. The molecule has 2 aromatic rings. The van der Waals surface area contributed by atoms with Crippen LogP contribution in [0.25, 0.3) is 0 Å². The minimum atomic E-state index is -0.273. The first-order valence-corrected chi connectivity index (χ1v) is 10.2. The molecule has 0 bridgehead atoms. The van der Waals surface area contributed by atoms with Crippen LogP contribution in [0.3, 0.4) is 0 Å². The number of nitrogens with zero attached hydrogens (tertiary/aromatic N) is 5. The Bertz CT molecular complexity index is 845. The van der Waals surface area contributed by atoms with Crippen molar-refractivity contribution in [3.8, 4) is 0 Å². The van der Waals surface area contributed by atoms with Gasteiger partial charge in [0.15, 0.2) is 5.96 Å². The highest BCUT2D eigenvalue weighted by Gasteiger charge is 2.22. The Morgan fingerprint density at radius 1 is 1.13 bits per heavy atom. The lowest BCUT2D eigenvalue weighted by atomic mass is 10.2. The lowest BCUT2D eigenvalue weighted by Gasteiger charge is -2.34. The fraction of sp³-hybridized carbons (Fsp3) is 0.429. The van der Waals surface area contributed by atoms with E-state index in [0.29, 0.717) is 51.1 Å². The van der Waals surface area contributed by atoms with Crippen LogP contribution in [0.5, 0.6) is 0 Å². The maximum Gasteiger partial charge on any atom is 0.225 e. The third-order valence-electron chi connectivity index (χ3n) is 4.75. The monoisotopic (exact) mass is 541 g/mol. The van der Waals surface area contributed by atoms with Crippen molar-refractivity contribution in [3.63, 3.8) is 0 Å². The molecule has 2 N–H and O–H groups in total. The van der Waals surface area contributed by atoms with Gasteiger partial charge in [-0.25, -0.2) is 19.4 Å². The Morgan fingerprint density at radius 2 is 1.87 bits per heavy atom. The number of aromatic nitrogens is 2. The largest absolute Gasteiger partial charge is 0.357 e. The van der Waals surface area contributed by atoms with Crippen molar-refractivity contribution in [2.45, 2.75) is 19.9 Å². The van der Waals surface area contributed by atoms with Crippen molar-refractivity contribution in [2.24, 2.45) is 4.99 Å². The predicted molar refractivity (Wildman–Crippen MR) is 130 cm³/mol. The van der Waals surface area contributed by atoms with Crippen LogP contribution in [-0.4, -0.2) is 66.0 Å². The number of carbonyl (C=O) groups excluding carboxylic acids is 1. The highest BCUT2D eigenvalue weighted by molar-refractivity contribution is 14.0. The minimum absolute atomic E-state index is 0. The first-order valence-electron chi connectivity index (χ1n) is 10.2. The summed E-state index contributed by atoms with van der Waals surface area (Å²) in [6, 6.07) is 8.17. The average Bonchev–Trinajstić information content (AvgIpc) is 2.78. The molecule has 31 heavy (non-hydrogen) atoms. The van der Waals surface area contributed by atoms with E-state index in [4.69, 9.17) is 0 Å². The first-order chi connectivity index (χ1) is 14.7. The fourth-order valence-electron chi connectivity index (χ4n) is 3.20. The standard InChI is InChI=1S/C21H28FN7O.HI/c1-2-23-20(27-16-17-5-3-6-18(22)15-17)24-10-7-19(30)28-11-13-29(14-12-28)21-25-8-4-9-26-21;/h3-6,8-9,15H,2,7,10-14,16H2,1H3,(H2,23,24,27);1H. The second-order valence-corrected chi connectivity index (χ2v) is 6.92. The molecule has 1 saturated heterocycles. The molecule has 8 nitrogen and oxygen atoms in total. The van der Waals surface area contributed by atoms with Gasteiger partial charge >= 0.3 is 0 Å². The number of nitrogens with one attached hydrogen (secondary N) is 2. The second kappa shape index (κ2) is 13.0. The van der Waals surface area contributed by atoms with Crippen LogP contribution in [0, 0.1) is 5.82 Å². The van der Waals surface area contributed by atoms with Crippen LogP contribution in [0.15, 0.2) is 47.7 Å². The van der Waals surface area contributed by atoms with E-state index in [-0.39, 0.29) is 35.7 Å². The van der Waals surface area contributed by atoms with E-state index in [0.717, 1.165) is 18.7 Å². The zero-order valence-corrected chi connectivity index (χ0v) is 20.0. The van der Waals surface area contributed by atoms with Crippen molar-refractivity contribution < 1.29 is 9.18 Å². The number of amides is 1. The molecule has 2 heterocycles. The molecule has 168 valence electrons. The normalized spacial score (nSPS) is 14.1. The molecule has 1 aromatic heterocycles. The van der Waals surface area contributed by atoms with E-state index in [1.807, 2.05) is 17.9 Å². The number of hydrogen-bond donors (Lipinski definition) is 2. The molecule has 0 unspecified atom stereocenters. The van der Waals surface area contributed by atoms with Crippen LogP contribution in [0.2, 0.25) is 0 Å². The summed E-state index contributed by atoms with van der Waals surface area (Å²) in [7, 11) is 0. The summed E-state index contributed by atoms with van der Waals surface area (Å²) in [6.45, 7) is 6.28. The number of carbonyl (C=O) groups is 1. The van der Waals surface area contributed by atoms with Crippen molar-refractivity contribution in [1.82, 2.24) is 25.5 Å². The van der Waals surface area contributed by atoms with Crippen LogP contribution >= 0.6 is 24.0 Å². The molecule has 0 radical (unpaired) electrons. The number of anilines is 1. The zero-order valence-electron chi connectivity index (χ0n) is 17.6. The van der Waals surface area contributed by atoms with E-state index in [1.54, 1.807) is 24.5 Å². The molecular weight excluding hydrogens is 512 g/mol. The van der Waals surface area contributed by atoms with Gasteiger partial charge in [-0.2, -0.15) is 0 Å². The maximum absolute atomic E-state index is 13.3. The summed E-state index contributed by atoms with van der Waals surface area (Å²) in [5.41, 5.74) is 0.795. The predicted octanol–water partition coefficient (Wildman–Crippen LogP) is 2.03. The van der Waals surface area contributed by atoms with Crippen molar-refractivity contribution in [1.29, 1.82) is 0 Å². The minimum Gasteiger partial charge on any atom is -0.357 e. The Balaban J connectivity index is 0.00000341. The molecule has 1 fully saturated rings. The molecule has 1 aromatic carbocycles. The Hall–Kier alpha value is -2.50. The highest BCUT2D eigenvalue weighted by atomic mass is 127. The van der Waals surface area contributed by atoms with Gasteiger partial charge in [0.05, 0.1) is 6.54 Å². The van der Waals surface area contributed by atoms with E-state index >= 15 is 0 Å². The van der Waals surface area contributed by atoms with Gasteiger partial charge in [-0.05, 0) is 30.7 Å². The Labute approximate surface area is 199 Å². The summed E-state index contributed by atoms with van der Waals surface area (Å²) in [6.07, 6.45) is 3.83. The summed E-state index contributed by atoms with van der Waals surface area (Å²) in [5.74, 6) is 1.15. The van der Waals surface area contributed by atoms with Gasteiger partial charge in [0.2, 0.25) is 11.9 Å². The number of piperazine rings is 1. The van der Waals surface area contributed by atoms with E-state index < -0.39 is 0 Å². The lowest BCUT2D eigenvalue weighted by molar-refractivity contribution is -0.131. The van der Waals surface area contributed by atoms with Gasteiger partial charge in [0.1, 0.15) is 5.82 Å². The molecule has 3 rings (SSSR count). The zero-order chi connectivity index (χ0) is 21.2. The molecule has 0 aliphatic carbocycles. The fourth-order valence-corrected chi connectivity index (χ4v) is 3.20. The van der Waals surface area contributed by atoms with Gasteiger partial charge in [0, 0.05) is 58.1 Å². The van der Waals surface area contributed by atoms with Gasteiger partial charge in [-0.1, -0.05) is 12.1 Å². The van der Waals surface area contributed by atoms with Crippen LogP contribution in [-0.2, 0) is 11.3 Å². The van der Waals surface area contributed by atoms with Crippen molar-refractivity contribution >= 4 is 41.8 Å². The van der Waals surface area contributed by atoms with Crippen LogP contribution in [0.4, 0.5) is 10.3 Å². The molecule has 10 heteroatoms. The number of benzene rings is 1. The van der Waals surface area contributed by atoms with E-state index in [9.17, 15) is 9.18 Å². The SMILES string of the molecule is CCNC(=NCc1cccc(F)c1)NCCC(=O)N1CCN(c2ncccn2)CC1.I. The number of guanidine groups is 1. The highest BCUT2D eigenvalue weighted by Crippen LogP contribution is 2.10. The van der Waals surface area contributed by atoms with Crippen molar-refractivity contribution in [3.05, 3.63) is 54.1 Å². The third kappa shape index (κ3) is 7.93. The summed E-state index contributed by atoms with van der Waals surface area (Å²) < 4.78 is 13.3. The molecule has 1 amide bonds. The second-order valence-electron chi connectivity index (χ2n) is 6.92. The number of rotatable bonds is 7. The third-order valence-corrected chi connectivity index (χ3v) is 4.75. The van der Waals surface area contributed by atoms with Gasteiger partial charge < -0.3 is 20.4 Å². The van der Waals surface area contributed by atoms with E-state index in [1.165, 1.54) is 12.1 Å². The van der Waals surface area contributed by atoms with Gasteiger partial charge in [0.25, 0.3) is 0 Å². The number of hydrogen-bond acceptors (Lipinski definition) is 5. The topological polar surface area (TPSA) is 85.8 Å². The molecule has 1 aliphatic heterocycles. The van der Waals surface area contributed by atoms with Crippen LogP contribution in [0.1, 0.15) is 18.9 Å². The van der Waals surface area contributed by atoms with Crippen LogP contribution < -0.4 is 15.5 Å². The summed E-state index contributed by atoms with van der Waals surface area (Å²) in [5, 5.41) is 6.32. The smallest absolute Gasteiger partial charge is 0.225 e. The number of aliphatic imine (C=N–C) groups is 1. The molecule has 1 aliphatic rings. The van der Waals surface area contributed by atoms with Crippen molar-refractivity contribution in [2.75, 3.05) is 44.2 Å². The van der Waals surface area contributed by atoms with E-state index in [2.05, 4.69) is 30.5 Å². The quantitative estimate of drug-likeness (QED) is 0.317. The number of halogens is 2. The molecule has 0 spiro atoms. The maximum atomic E-state index is 13.3. The average molecular weight is 541 g/mol. The molecule has 0 saturated carbocycles. The summed E-state index contributed by atoms with van der Waals surface area (Å²) >= 11 is 0.